The largest absolute Gasteiger partial charge is 0.507 e. The minimum Gasteiger partial charge on any atom is -0.507 e. The van der Waals surface area contributed by atoms with Crippen molar-refractivity contribution in [2.75, 3.05) is 36.4 Å². The van der Waals surface area contributed by atoms with Gasteiger partial charge in [-0.15, -0.1) is 0 Å². The smallest absolute Gasteiger partial charge is 0.281 e. The van der Waals surface area contributed by atoms with Crippen LogP contribution >= 0.6 is 11.6 Å². The molecular weight excluding hydrogens is 626 g/mol. The van der Waals surface area contributed by atoms with Crippen molar-refractivity contribution in [3.8, 4) is 22.6 Å². The normalized spacial score (nSPS) is 22.0. The monoisotopic (exact) mass is 661 g/mol. The molecule has 8 rings (SSSR count). The van der Waals surface area contributed by atoms with Crippen LogP contribution in [0.2, 0.25) is 5.02 Å². The zero-order valence-corrected chi connectivity index (χ0v) is 26.3. The van der Waals surface area contributed by atoms with Crippen LogP contribution in [0.25, 0.3) is 27.7 Å². The van der Waals surface area contributed by atoms with Crippen molar-refractivity contribution in [2.45, 2.75) is 56.5 Å². The number of piperazine rings is 1. The second-order valence-corrected chi connectivity index (χ2v) is 13.3. The molecular formula is C35H33ClF2N6O3. The highest BCUT2D eigenvalue weighted by Crippen LogP contribution is 2.51. The summed E-state index contributed by atoms with van der Waals surface area (Å²) < 4.78 is 60.0. The number of amides is 1. The van der Waals surface area contributed by atoms with Crippen LogP contribution in [-0.2, 0) is 4.79 Å². The van der Waals surface area contributed by atoms with E-state index in [1.54, 1.807) is 4.90 Å². The van der Waals surface area contributed by atoms with Gasteiger partial charge in [0, 0.05) is 59.5 Å². The summed E-state index contributed by atoms with van der Waals surface area (Å²) in [4.78, 5) is 41.7. The zero-order valence-electron chi connectivity index (χ0n) is 28.5. The van der Waals surface area contributed by atoms with Gasteiger partial charge in [0.05, 0.1) is 44.9 Å². The van der Waals surface area contributed by atoms with Crippen LogP contribution in [0, 0.1) is 11.6 Å². The molecule has 2 aromatic heterocycles. The molecule has 2 atom stereocenters. The van der Waals surface area contributed by atoms with Crippen LogP contribution in [0.1, 0.15) is 59.9 Å². The average Bonchev–Trinajstić information content (AvgIpc) is 3.99. The van der Waals surface area contributed by atoms with Gasteiger partial charge in [0.25, 0.3) is 5.56 Å². The lowest BCUT2D eigenvalue weighted by Gasteiger charge is -2.51. The summed E-state index contributed by atoms with van der Waals surface area (Å²) in [6.45, 7) is 2.80. The molecule has 0 radical (unpaired) electrons. The molecule has 2 aliphatic carbocycles. The van der Waals surface area contributed by atoms with E-state index < -0.39 is 47.1 Å². The van der Waals surface area contributed by atoms with Crippen LogP contribution < -0.4 is 15.4 Å². The number of hydrogen-bond donors (Lipinski definition) is 1. The molecule has 2 aliphatic heterocycles. The molecule has 0 unspecified atom stereocenters. The molecule has 2 saturated carbocycles. The highest BCUT2D eigenvalue weighted by Gasteiger charge is 2.43. The van der Waals surface area contributed by atoms with E-state index in [9.17, 15) is 9.90 Å². The third kappa shape index (κ3) is 4.53. The molecule has 242 valence electrons. The van der Waals surface area contributed by atoms with Crippen LogP contribution in [0.5, 0.6) is 5.75 Å². The molecule has 3 fully saturated rings. The molecule has 4 aliphatic rings. The number of anilines is 2. The van der Waals surface area contributed by atoms with Gasteiger partial charge in [-0.1, -0.05) is 24.2 Å². The third-order valence-corrected chi connectivity index (χ3v) is 10.1. The maximum absolute atomic E-state index is 17.6. The number of phenols is 1. The number of phenolic OH excluding ortho intramolecular Hbond substituents is 1. The van der Waals surface area contributed by atoms with E-state index in [2.05, 4.69) is 16.5 Å². The van der Waals surface area contributed by atoms with Gasteiger partial charge in [-0.05, 0) is 56.9 Å². The summed E-state index contributed by atoms with van der Waals surface area (Å²) in [6.07, 6.45) is 5.82. The van der Waals surface area contributed by atoms with Crippen molar-refractivity contribution in [1.29, 1.82) is 0 Å². The molecule has 1 saturated heterocycles. The summed E-state index contributed by atoms with van der Waals surface area (Å²) in [7, 11) is 0. The van der Waals surface area contributed by atoms with Gasteiger partial charge in [-0.25, -0.2) is 18.7 Å². The molecule has 1 N–H and O–H groups in total. The SMILES string of the molecule is [2H]C([2H])([2H])N1C[C@H]2CN(C(=O)C=C)[C@H](C)CN2c2c1c(=O)n(-c1c(C3CC3)ncnc1C1CC1)c1c(F)c(-c3c(O)cccc3F)c(Cl)cc21. The molecule has 0 spiro atoms. The van der Waals surface area contributed by atoms with Crippen molar-refractivity contribution < 1.29 is 22.8 Å². The van der Waals surface area contributed by atoms with Gasteiger partial charge < -0.3 is 19.8 Å². The summed E-state index contributed by atoms with van der Waals surface area (Å²) in [5.41, 5.74) is -0.625. The molecule has 2 aromatic carbocycles. The van der Waals surface area contributed by atoms with Crippen molar-refractivity contribution in [3.05, 3.63) is 81.6 Å². The van der Waals surface area contributed by atoms with Gasteiger partial charge in [-0.3, -0.25) is 14.2 Å². The van der Waals surface area contributed by atoms with Gasteiger partial charge in [-0.2, -0.15) is 0 Å². The Labute approximate surface area is 278 Å². The lowest BCUT2D eigenvalue weighted by molar-refractivity contribution is -0.128. The number of likely N-dealkylation sites (N-methyl/N-ethyl adjacent to an activating group) is 1. The number of hydrogen-bond acceptors (Lipinski definition) is 7. The second-order valence-electron chi connectivity index (χ2n) is 12.9. The minimum absolute atomic E-state index is 0.0200. The average molecular weight is 662 g/mol. The summed E-state index contributed by atoms with van der Waals surface area (Å²) in [5.74, 6) is -2.92. The van der Waals surface area contributed by atoms with Crippen LogP contribution in [0.3, 0.4) is 0 Å². The lowest BCUT2D eigenvalue weighted by Crippen LogP contribution is -2.64. The summed E-state index contributed by atoms with van der Waals surface area (Å²) in [5, 5.41) is 10.6. The summed E-state index contributed by atoms with van der Waals surface area (Å²) >= 11 is 6.83. The first kappa shape index (κ1) is 26.5. The van der Waals surface area contributed by atoms with E-state index in [0.717, 1.165) is 36.6 Å². The van der Waals surface area contributed by atoms with E-state index in [1.807, 2.05) is 11.8 Å². The Hall–Kier alpha value is -4.51. The Bertz CT molecular complexity index is 2140. The number of carbonyl (C=O) groups excluding carboxylic acids is 1. The fourth-order valence-electron chi connectivity index (χ4n) is 7.32. The molecule has 1 amide bonds. The van der Waals surface area contributed by atoms with E-state index in [1.165, 1.54) is 35.2 Å². The van der Waals surface area contributed by atoms with Gasteiger partial charge in [0.15, 0.2) is 5.82 Å². The predicted molar refractivity (Wildman–Crippen MR) is 177 cm³/mol. The Balaban J connectivity index is 1.53. The third-order valence-electron chi connectivity index (χ3n) is 9.82. The second kappa shape index (κ2) is 10.8. The van der Waals surface area contributed by atoms with Crippen molar-refractivity contribution in [2.24, 2.45) is 0 Å². The van der Waals surface area contributed by atoms with Gasteiger partial charge >= 0.3 is 0 Å². The maximum Gasteiger partial charge on any atom is 0.281 e. The molecule has 47 heavy (non-hydrogen) atoms. The highest BCUT2D eigenvalue weighted by molar-refractivity contribution is 6.34. The summed E-state index contributed by atoms with van der Waals surface area (Å²) in [6, 6.07) is 3.97. The van der Waals surface area contributed by atoms with Crippen LogP contribution in [0.15, 0.2) is 48.0 Å². The number of fused-ring (bicyclic) bond motifs is 5. The number of aromatic nitrogens is 3. The van der Waals surface area contributed by atoms with E-state index in [4.69, 9.17) is 15.7 Å². The van der Waals surface area contributed by atoms with Crippen molar-refractivity contribution in [3.63, 3.8) is 0 Å². The molecule has 0 bridgehead atoms. The number of nitrogens with zero attached hydrogens (tertiary/aromatic N) is 6. The number of benzene rings is 2. The highest BCUT2D eigenvalue weighted by atomic mass is 35.5. The number of pyridine rings is 1. The standard InChI is InChI=1S/C35H33ClF2N6O3/c1-4-25(46)42-15-20-14-41(3)34-32(43(20)13-17(42)2)21-12-22(36)26(27-23(37)6-5-7-24(27)45)28(38)31(21)44(35(34)47)33-29(18-8-9-18)39-16-40-30(33)19-10-11-19/h4-7,12,16-20,45H,1,8-11,13-15H2,2-3H3/t17-,20+/m1/s1/i3D3. The first-order valence-electron chi connectivity index (χ1n) is 17.2. The Morgan fingerprint density at radius 3 is 2.38 bits per heavy atom. The number of aromatic hydroxyl groups is 1. The quantitative estimate of drug-likeness (QED) is 0.267. The number of halogens is 3. The fourth-order valence-corrected chi connectivity index (χ4v) is 7.61. The first-order chi connectivity index (χ1) is 23.8. The Morgan fingerprint density at radius 1 is 1.06 bits per heavy atom. The lowest BCUT2D eigenvalue weighted by atomic mass is 9.95. The van der Waals surface area contributed by atoms with Crippen LogP contribution in [-0.4, -0.2) is 69.1 Å². The topological polar surface area (TPSA) is 94.8 Å². The number of rotatable bonds is 5. The first-order valence-corrected chi connectivity index (χ1v) is 16.1. The van der Waals surface area contributed by atoms with E-state index in [0.29, 0.717) is 17.1 Å². The van der Waals surface area contributed by atoms with Crippen molar-refractivity contribution >= 4 is 39.8 Å². The van der Waals surface area contributed by atoms with Crippen molar-refractivity contribution in [1.82, 2.24) is 19.4 Å². The maximum atomic E-state index is 17.6. The zero-order chi connectivity index (χ0) is 35.4. The minimum atomic E-state index is -2.81. The fraction of sp³-hybridized carbons (Fsp3) is 0.371. The Morgan fingerprint density at radius 2 is 1.77 bits per heavy atom. The Kier molecular flexibility index (Phi) is 6.08. The molecule has 12 heteroatoms. The number of carbonyl (C=O) groups is 1. The van der Waals surface area contributed by atoms with Gasteiger partial charge in [0.1, 0.15) is 23.6 Å². The van der Waals surface area contributed by atoms with E-state index in [-0.39, 0.29) is 70.7 Å². The molecule has 9 nitrogen and oxygen atoms in total. The van der Waals surface area contributed by atoms with Crippen LogP contribution in [0.4, 0.5) is 20.2 Å². The molecule has 4 heterocycles. The van der Waals surface area contributed by atoms with Gasteiger partial charge in [0.2, 0.25) is 5.91 Å². The molecule has 4 aromatic rings. The predicted octanol–water partition coefficient (Wildman–Crippen LogP) is 5.88. The van der Waals surface area contributed by atoms with E-state index >= 15 is 13.6 Å².